The van der Waals surface area contributed by atoms with Crippen LogP contribution in [0.2, 0.25) is 0 Å². The first-order valence-electron chi connectivity index (χ1n) is 6.04. The molecule has 0 bridgehead atoms. The lowest BCUT2D eigenvalue weighted by Crippen LogP contribution is -1.89. The Kier molecular flexibility index (Phi) is 2.85. The SMILES string of the molecule is CC(P=O)c1cc2ccccc2c2ccccc12. The fourth-order valence-electron chi connectivity index (χ4n) is 2.49. The second-order valence-corrected chi connectivity index (χ2v) is 5.50. The summed E-state index contributed by atoms with van der Waals surface area (Å²) in [6.45, 7) is 1.99. The van der Waals surface area contributed by atoms with Gasteiger partial charge in [0.1, 0.15) is 0 Å². The summed E-state index contributed by atoms with van der Waals surface area (Å²) in [7, 11) is 0.172. The predicted octanol–water partition coefficient (Wildman–Crippen LogP) is 5.35. The maximum atomic E-state index is 11.2. The standard InChI is InChI=1S/C16H13OP/c1-11(18-17)16-10-12-6-2-3-7-13(12)14-8-4-5-9-15(14)16/h2-11H,1H3. The summed E-state index contributed by atoms with van der Waals surface area (Å²) in [4.78, 5) is 0. The summed E-state index contributed by atoms with van der Waals surface area (Å²) in [5.74, 6) is 0. The van der Waals surface area contributed by atoms with Crippen molar-refractivity contribution in [2.24, 2.45) is 0 Å². The van der Waals surface area contributed by atoms with Crippen molar-refractivity contribution in [3.8, 4) is 0 Å². The Bertz CT molecular complexity index is 733. The smallest absolute Gasteiger partial charge is 0.163 e. The summed E-state index contributed by atoms with van der Waals surface area (Å²) in [6.07, 6.45) is 0. The third-order valence-corrected chi connectivity index (χ3v) is 4.00. The summed E-state index contributed by atoms with van der Waals surface area (Å²) in [5, 5.41) is 4.90. The van der Waals surface area contributed by atoms with Gasteiger partial charge in [-0.25, -0.2) is 0 Å². The first-order chi connectivity index (χ1) is 8.81. The Labute approximate surface area is 108 Å². The average Bonchev–Trinajstić information content (AvgIpc) is 2.45. The highest BCUT2D eigenvalue weighted by Crippen LogP contribution is 2.36. The molecule has 0 heterocycles. The van der Waals surface area contributed by atoms with E-state index in [0.717, 1.165) is 5.56 Å². The molecule has 0 aliphatic rings. The van der Waals surface area contributed by atoms with E-state index in [2.05, 4.69) is 42.5 Å². The quantitative estimate of drug-likeness (QED) is 0.444. The summed E-state index contributed by atoms with van der Waals surface area (Å²) in [5.41, 5.74) is 1.18. The molecule has 1 nitrogen and oxygen atoms in total. The largest absolute Gasteiger partial charge is 0.274 e. The molecule has 0 amide bonds. The number of rotatable bonds is 2. The Morgan fingerprint density at radius 3 is 2.22 bits per heavy atom. The Morgan fingerprint density at radius 1 is 0.889 bits per heavy atom. The van der Waals surface area contributed by atoms with Crippen molar-refractivity contribution in [2.45, 2.75) is 12.6 Å². The van der Waals surface area contributed by atoms with Gasteiger partial charge in [0.2, 0.25) is 0 Å². The van der Waals surface area contributed by atoms with Crippen LogP contribution in [0.3, 0.4) is 0 Å². The van der Waals surface area contributed by atoms with Crippen molar-refractivity contribution < 1.29 is 4.57 Å². The third-order valence-electron chi connectivity index (χ3n) is 3.41. The van der Waals surface area contributed by atoms with Gasteiger partial charge in [0.25, 0.3) is 0 Å². The number of hydrogen-bond donors (Lipinski definition) is 0. The van der Waals surface area contributed by atoms with Gasteiger partial charge in [-0.05, 0) is 40.1 Å². The van der Waals surface area contributed by atoms with Crippen LogP contribution in [0.15, 0.2) is 54.6 Å². The highest BCUT2D eigenvalue weighted by molar-refractivity contribution is 7.24. The van der Waals surface area contributed by atoms with E-state index in [0.29, 0.717) is 0 Å². The molecule has 0 spiro atoms. The molecule has 88 valence electrons. The summed E-state index contributed by atoms with van der Waals surface area (Å²) in [6, 6.07) is 18.8. The van der Waals surface area contributed by atoms with E-state index in [9.17, 15) is 4.57 Å². The highest BCUT2D eigenvalue weighted by atomic mass is 31.1. The predicted molar refractivity (Wildman–Crippen MR) is 77.5 cm³/mol. The van der Waals surface area contributed by atoms with Crippen LogP contribution in [0.1, 0.15) is 18.1 Å². The van der Waals surface area contributed by atoms with Gasteiger partial charge in [-0.15, -0.1) is 0 Å². The molecule has 3 aromatic rings. The maximum Gasteiger partial charge on any atom is 0.163 e. The molecule has 2 heteroatoms. The molecule has 0 saturated heterocycles. The van der Waals surface area contributed by atoms with Crippen LogP contribution >= 0.6 is 8.46 Å². The minimum atomic E-state index is 0.0273. The summed E-state index contributed by atoms with van der Waals surface area (Å²) < 4.78 is 11.2. The zero-order valence-electron chi connectivity index (χ0n) is 10.1. The third kappa shape index (κ3) is 1.72. The zero-order valence-corrected chi connectivity index (χ0v) is 11.0. The summed E-state index contributed by atoms with van der Waals surface area (Å²) >= 11 is 0. The van der Waals surface area contributed by atoms with Crippen LogP contribution in [0.5, 0.6) is 0 Å². The van der Waals surface area contributed by atoms with E-state index in [1.54, 1.807) is 0 Å². The monoisotopic (exact) mass is 252 g/mol. The molecule has 0 radical (unpaired) electrons. The second-order valence-electron chi connectivity index (χ2n) is 4.51. The van der Waals surface area contributed by atoms with Crippen LogP contribution in [-0.4, -0.2) is 0 Å². The van der Waals surface area contributed by atoms with Crippen molar-refractivity contribution in [3.63, 3.8) is 0 Å². The lowest BCUT2D eigenvalue weighted by atomic mass is 9.96. The molecule has 0 aliphatic carbocycles. The van der Waals surface area contributed by atoms with Crippen molar-refractivity contribution in [1.82, 2.24) is 0 Å². The van der Waals surface area contributed by atoms with Crippen molar-refractivity contribution in [3.05, 3.63) is 60.2 Å². The van der Waals surface area contributed by atoms with Crippen LogP contribution < -0.4 is 0 Å². The topological polar surface area (TPSA) is 17.1 Å². The van der Waals surface area contributed by atoms with E-state index in [1.165, 1.54) is 21.5 Å². The Hall–Kier alpha value is -1.72. The molecule has 3 rings (SSSR count). The molecule has 0 aromatic heterocycles. The fourth-order valence-corrected chi connectivity index (χ4v) is 2.81. The van der Waals surface area contributed by atoms with Crippen molar-refractivity contribution in [1.29, 1.82) is 0 Å². The molecule has 0 N–H and O–H groups in total. The first-order valence-corrected chi connectivity index (χ1v) is 6.92. The van der Waals surface area contributed by atoms with Gasteiger partial charge < -0.3 is 0 Å². The molecule has 1 unspecified atom stereocenters. The van der Waals surface area contributed by atoms with Crippen LogP contribution in [0.4, 0.5) is 0 Å². The second kappa shape index (κ2) is 4.51. The lowest BCUT2D eigenvalue weighted by molar-refractivity contribution is 0.594. The van der Waals surface area contributed by atoms with Crippen LogP contribution in [0.25, 0.3) is 21.5 Å². The maximum absolute atomic E-state index is 11.2. The highest BCUT2D eigenvalue weighted by Gasteiger charge is 2.11. The van der Waals surface area contributed by atoms with Crippen molar-refractivity contribution >= 4 is 30.0 Å². The minimum absolute atomic E-state index is 0.0273. The first kappa shape index (κ1) is 11.4. The fraction of sp³-hybridized carbons (Fsp3) is 0.125. The van der Waals surface area contributed by atoms with E-state index in [1.807, 2.05) is 19.1 Å². The molecule has 18 heavy (non-hydrogen) atoms. The van der Waals surface area contributed by atoms with Gasteiger partial charge in [0.05, 0.1) is 5.66 Å². The van der Waals surface area contributed by atoms with Gasteiger partial charge in [-0.2, -0.15) is 0 Å². The van der Waals surface area contributed by atoms with E-state index in [4.69, 9.17) is 0 Å². The lowest BCUT2D eigenvalue weighted by Gasteiger charge is -2.11. The van der Waals surface area contributed by atoms with E-state index < -0.39 is 0 Å². The van der Waals surface area contributed by atoms with Crippen molar-refractivity contribution in [2.75, 3.05) is 0 Å². The molecular weight excluding hydrogens is 239 g/mol. The minimum Gasteiger partial charge on any atom is -0.274 e. The van der Waals surface area contributed by atoms with Crippen LogP contribution in [0, 0.1) is 0 Å². The number of hydrogen-bond acceptors (Lipinski definition) is 1. The zero-order chi connectivity index (χ0) is 12.5. The van der Waals surface area contributed by atoms with E-state index in [-0.39, 0.29) is 14.1 Å². The van der Waals surface area contributed by atoms with Gasteiger partial charge >= 0.3 is 0 Å². The number of fused-ring (bicyclic) bond motifs is 3. The Morgan fingerprint density at radius 2 is 1.50 bits per heavy atom. The Balaban J connectivity index is 2.50. The van der Waals surface area contributed by atoms with E-state index >= 15 is 0 Å². The van der Waals surface area contributed by atoms with Crippen LogP contribution in [-0.2, 0) is 4.57 Å². The normalized spacial score (nSPS) is 13.2. The van der Waals surface area contributed by atoms with Gasteiger partial charge in [-0.3, -0.25) is 4.57 Å². The molecular formula is C16H13OP. The van der Waals surface area contributed by atoms with Gasteiger partial charge in [0.15, 0.2) is 8.46 Å². The molecule has 0 fully saturated rings. The molecule has 0 aliphatic heterocycles. The molecule has 1 atom stereocenters. The average molecular weight is 252 g/mol. The molecule has 0 saturated carbocycles. The number of benzene rings is 3. The van der Waals surface area contributed by atoms with Gasteiger partial charge in [0, 0.05) is 0 Å². The molecule has 3 aromatic carbocycles. The van der Waals surface area contributed by atoms with Gasteiger partial charge in [-0.1, -0.05) is 48.5 Å².